The van der Waals surface area contributed by atoms with Gasteiger partial charge in [-0.1, -0.05) is 60.7 Å². The Bertz CT molecular complexity index is 1930. The molecule has 6 aromatic rings. The zero-order chi connectivity index (χ0) is 33.9. The molecule has 2 radical (unpaired) electrons. The Labute approximate surface area is 289 Å². The maximum Gasteiger partial charge on any atom is 0.231 e. The lowest BCUT2D eigenvalue weighted by Gasteiger charge is -2.23. The molecule has 248 valence electrons. The Morgan fingerprint density at radius 1 is 0.560 bits per heavy atom. The Morgan fingerprint density at radius 3 is 1.36 bits per heavy atom. The van der Waals surface area contributed by atoms with Crippen LogP contribution in [0, 0.1) is 12.8 Å². The van der Waals surface area contributed by atoms with E-state index in [0.717, 1.165) is 71.0 Å². The first kappa shape index (κ1) is 31.2. The molecule has 0 bridgehead atoms. The third kappa shape index (κ3) is 6.51. The second-order valence-electron chi connectivity index (χ2n) is 12.4. The zero-order valence-corrected chi connectivity index (χ0v) is 27.2. The van der Waals surface area contributed by atoms with Crippen LogP contribution in [0.15, 0.2) is 97.8 Å². The summed E-state index contributed by atoms with van der Waals surface area (Å²) in [6, 6.07) is 19.0. The molecule has 8 rings (SSSR count). The number of aromatic amines is 2. The smallest absolute Gasteiger partial charge is 0.231 e. The summed E-state index contributed by atoms with van der Waals surface area (Å²) in [7, 11) is 0. The lowest BCUT2D eigenvalue weighted by molar-refractivity contribution is -0.129. The van der Waals surface area contributed by atoms with Crippen LogP contribution in [-0.2, 0) is 9.59 Å². The predicted octanol–water partition coefficient (Wildman–Crippen LogP) is 5.55. The summed E-state index contributed by atoms with van der Waals surface area (Å²) in [5.41, 5.74) is 4.83. The number of amides is 2. The number of aromatic nitrogens is 8. The van der Waals surface area contributed by atoms with Crippen molar-refractivity contribution in [2.75, 3.05) is 13.1 Å². The monoisotopic (exact) mass is 662 g/mol. The molecule has 1 unspecified atom stereocenters. The van der Waals surface area contributed by atoms with Crippen LogP contribution in [0.5, 0.6) is 0 Å². The molecule has 0 spiro atoms. The van der Waals surface area contributed by atoms with Crippen LogP contribution < -0.4 is 0 Å². The van der Waals surface area contributed by atoms with Gasteiger partial charge in [0.1, 0.15) is 11.6 Å². The number of carbonyl (C=O) groups excluding carboxylic acids is 2. The minimum Gasteiger partial charge on any atom is -0.340 e. The van der Waals surface area contributed by atoms with Crippen LogP contribution in [0.3, 0.4) is 0 Å². The summed E-state index contributed by atoms with van der Waals surface area (Å²) >= 11 is 0. The van der Waals surface area contributed by atoms with Gasteiger partial charge < -0.3 is 19.8 Å². The largest absolute Gasteiger partial charge is 0.340 e. The molecular weight excluding hydrogens is 628 g/mol. The number of imidazole rings is 2. The first-order valence-corrected chi connectivity index (χ1v) is 16.7. The average molecular weight is 663 g/mol. The highest BCUT2D eigenvalue weighted by Crippen LogP contribution is 2.34. The fourth-order valence-corrected chi connectivity index (χ4v) is 6.65. The second-order valence-corrected chi connectivity index (χ2v) is 12.4. The van der Waals surface area contributed by atoms with E-state index in [9.17, 15) is 9.59 Å². The van der Waals surface area contributed by atoms with E-state index in [1.807, 2.05) is 70.5 Å². The summed E-state index contributed by atoms with van der Waals surface area (Å²) < 4.78 is 0. The van der Waals surface area contributed by atoms with Crippen molar-refractivity contribution < 1.29 is 9.59 Å². The second kappa shape index (κ2) is 13.8. The van der Waals surface area contributed by atoms with Crippen LogP contribution in [0.1, 0.15) is 60.5 Å². The van der Waals surface area contributed by atoms with Crippen molar-refractivity contribution in [1.82, 2.24) is 49.7 Å². The van der Waals surface area contributed by atoms with Crippen molar-refractivity contribution in [3.63, 3.8) is 0 Å². The van der Waals surface area contributed by atoms with Crippen LogP contribution in [-0.4, -0.2) is 74.6 Å². The molecule has 2 saturated heterocycles. The summed E-state index contributed by atoms with van der Waals surface area (Å²) in [5, 5.41) is 0. The molecule has 2 aromatic carbocycles. The number of carbonyl (C=O) groups is 2. The van der Waals surface area contributed by atoms with Crippen molar-refractivity contribution in [2.24, 2.45) is 0 Å². The minimum atomic E-state index is -0.119. The molecule has 6 heterocycles. The molecule has 4 aromatic heterocycles. The molecule has 2 fully saturated rings. The number of rotatable bonds is 9. The Balaban J connectivity index is 0.910. The van der Waals surface area contributed by atoms with Gasteiger partial charge in [-0.15, -0.1) is 0 Å². The Morgan fingerprint density at radius 2 is 0.960 bits per heavy atom. The van der Waals surface area contributed by atoms with Gasteiger partial charge in [0.2, 0.25) is 11.8 Å². The van der Waals surface area contributed by atoms with E-state index < -0.39 is 0 Å². The number of nitrogens with one attached hydrogen (secondary N) is 2. The highest BCUT2D eigenvalue weighted by molar-refractivity contribution is 5.89. The molecule has 0 saturated carbocycles. The quantitative estimate of drug-likeness (QED) is 0.205. The number of H-pyrrole nitrogens is 2. The van der Waals surface area contributed by atoms with Crippen molar-refractivity contribution in [3.05, 3.63) is 133 Å². The Kier molecular flexibility index (Phi) is 8.64. The van der Waals surface area contributed by atoms with Crippen LogP contribution in [0.4, 0.5) is 0 Å². The van der Waals surface area contributed by atoms with E-state index >= 15 is 0 Å². The predicted molar refractivity (Wildman–Crippen MR) is 185 cm³/mol. The van der Waals surface area contributed by atoms with E-state index in [2.05, 4.69) is 39.9 Å². The van der Waals surface area contributed by atoms with E-state index in [1.165, 1.54) is 0 Å². The van der Waals surface area contributed by atoms with Crippen LogP contribution in [0.25, 0.3) is 34.2 Å². The molecule has 2 atom stereocenters. The normalized spacial score (nSPS) is 17.4. The number of likely N-dealkylation sites (tertiary alicyclic amines) is 2. The SMILES string of the molecule is O=C([CH]c1ccccc1)N1CCCC1c1ncc(-c2cnc(-c3ncc(-c4cnc([C@@H]5CCCN5C(=O)[CH]c5ccccc5)[nH]4)cn3)nc2)[nH]1. The molecule has 12 heteroatoms. The summed E-state index contributed by atoms with van der Waals surface area (Å²) in [4.78, 5) is 64.0. The Hall–Kier alpha value is -6.04. The number of benzene rings is 2. The van der Waals surface area contributed by atoms with Crippen LogP contribution in [0.2, 0.25) is 0 Å². The molecule has 2 aliphatic rings. The van der Waals surface area contributed by atoms with Gasteiger partial charge in [-0.2, -0.15) is 0 Å². The standard InChI is InChI=1S/C38H34N10O2/c49-33(17-25-9-3-1-4-10-25)47-15-7-13-31(47)35-43-23-29(45-35)27-19-39-37(40-20-27)38-41-21-28(22-42-38)30-24-44-36(46-30)32-14-8-16-48(32)34(50)18-26-11-5-2-6-12-26/h1-6,9-12,17-24,31-32H,7-8,13-16H2,(H,43,45)(H,44,46)/t31-,32?/m0/s1. The molecule has 50 heavy (non-hydrogen) atoms. The third-order valence-corrected chi connectivity index (χ3v) is 9.20. The lowest BCUT2D eigenvalue weighted by Crippen LogP contribution is -2.31. The maximum absolute atomic E-state index is 13.1. The molecule has 2 N–H and O–H groups in total. The van der Waals surface area contributed by atoms with Gasteiger partial charge in [0.05, 0.1) is 48.7 Å². The van der Waals surface area contributed by atoms with E-state index in [-0.39, 0.29) is 23.9 Å². The summed E-state index contributed by atoms with van der Waals surface area (Å²) in [6.45, 7) is 1.38. The number of hydrogen-bond donors (Lipinski definition) is 2. The van der Waals surface area contributed by atoms with E-state index in [1.54, 1.807) is 50.0 Å². The first-order valence-electron chi connectivity index (χ1n) is 16.7. The number of hydrogen-bond acceptors (Lipinski definition) is 8. The van der Waals surface area contributed by atoms with Crippen molar-refractivity contribution in [1.29, 1.82) is 0 Å². The summed E-state index contributed by atoms with van der Waals surface area (Å²) in [5.74, 6) is 2.24. The van der Waals surface area contributed by atoms with Gasteiger partial charge in [0, 0.05) is 49.0 Å². The third-order valence-electron chi connectivity index (χ3n) is 9.20. The molecule has 2 aliphatic heterocycles. The highest BCUT2D eigenvalue weighted by Gasteiger charge is 2.33. The molecular formula is C38H34N10O2. The van der Waals surface area contributed by atoms with Gasteiger partial charge in [0.25, 0.3) is 0 Å². The lowest BCUT2D eigenvalue weighted by atomic mass is 10.1. The maximum atomic E-state index is 13.1. The van der Waals surface area contributed by atoms with Crippen molar-refractivity contribution in [3.8, 4) is 34.2 Å². The fraction of sp³-hybridized carbons (Fsp3) is 0.211. The van der Waals surface area contributed by atoms with Gasteiger partial charge in [-0.05, 0) is 36.8 Å². The molecule has 2 amide bonds. The van der Waals surface area contributed by atoms with Gasteiger partial charge in [0.15, 0.2) is 11.6 Å². The average Bonchev–Trinajstić information content (AvgIpc) is 3.99. The van der Waals surface area contributed by atoms with E-state index in [4.69, 9.17) is 0 Å². The van der Waals surface area contributed by atoms with Crippen LogP contribution >= 0.6 is 0 Å². The molecule has 0 aliphatic carbocycles. The number of nitrogens with zero attached hydrogens (tertiary/aromatic N) is 8. The van der Waals surface area contributed by atoms with Gasteiger partial charge in [-0.3, -0.25) is 9.59 Å². The topological polar surface area (TPSA) is 150 Å². The fourth-order valence-electron chi connectivity index (χ4n) is 6.65. The van der Waals surface area contributed by atoms with Gasteiger partial charge >= 0.3 is 0 Å². The zero-order valence-electron chi connectivity index (χ0n) is 27.2. The van der Waals surface area contributed by atoms with E-state index in [0.29, 0.717) is 24.7 Å². The first-order chi connectivity index (χ1) is 24.6. The van der Waals surface area contributed by atoms with Crippen molar-refractivity contribution >= 4 is 11.8 Å². The molecule has 12 nitrogen and oxygen atoms in total. The minimum absolute atomic E-state index is 0.0198. The van der Waals surface area contributed by atoms with Gasteiger partial charge in [-0.25, -0.2) is 29.9 Å². The van der Waals surface area contributed by atoms with Crippen molar-refractivity contribution in [2.45, 2.75) is 37.8 Å². The summed E-state index contributed by atoms with van der Waals surface area (Å²) in [6.07, 6.45) is 17.2. The highest BCUT2D eigenvalue weighted by atomic mass is 16.2.